The normalized spacial score (nSPS) is 10.7. The van der Waals surface area contributed by atoms with Crippen molar-refractivity contribution in [2.24, 2.45) is 0 Å². The van der Waals surface area contributed by atoms with Crippen LogP contribution in [0.25, 0.3) is 10.8 Å². The van der Waals surface area contributed by atoms with Crippen LogP contribution in [-0.2, 0) is 17.8 Å². The minimum atomic E-state index is 0.0977. The van der Waals surface area contributed by atoms with Crippen molar-refractivity contribution in [3.05, 3.63) is 82.9 Å². The van der Waals surface area contributed by atoms with E-state index >= 15 is 0 Å². The molecule has 0 aliphatic carbocycles. The van der Waals surface area contributed by atoms with E-state index in [1.54, 1.807) is 4.90 Å². The van der Waals surface area contributed by atoms with Gasteiger partial charge in [-0.15, -0.1) is 0 Å². The standard InChI is InChI=1S/C20H18ClNO/c1-22(20(23)13-15-7-10-19(21)11-8-15)14-16-6-9-17-4-2-3-5-18(17)12-16/h2-12H,13-14H2,1H3. The van der Waals surface area contributed by atoms with Crippen LogP contribution in [0.4, 0.5) is 0 Å². The molecule has 3 rings (SSSR count). The van der Waals surface area contributed by atoms with Crippen molar-refractivity contribution in [2.75, 3.05) is 7.05 Å². The first kappa shape index (κ1) is 15.6. The van der Waals surface area contributed by atoms with Crippen LogP contribution >= 0.6 is 11.6 Å². The second-order valence-electron chi connectivity index (χ2n) is 5.73. The third-order valence-corrected chi connectivity index (χ3v) is 4.18. The summed E-state index contributed by atoms with van der Waals surface area (Å²) in [6.07, 6.45) is 0.390. The first-order chi connectivity index (χ1) is 11.1. The maximum atomic E-state index is 12.4. The largest absolute Gasteiger partial charge is 0.341 e. The maximum absolute atomic E-state index is 12.4. The van der Waals surface area contributed by atoms with Gasteiger partial charge in [0.2, 0.25) is 5.91 Å². The number of likely N-dealkylation sites (N-methyl/N-ethyl adjacent to an activating group) is 1. The molecule has 2 nitrogen and oxygen atoms in total. The van der Waals surface area contributed by atoms with Gasteiger partial charge in [-0.05, 0) is 40.1 Å². The number of amides is 1. The van der Waals surface area contributed by atoms with Crippen molar-refractivity contribution < 1.29 is 4.79 Å². The number of carbonyl (C=O) groups excluding carboxylic acids is 1. The highest BCUT2D eigenvalue weighted by molar-refractivity contribution is 6.30. The molecule has 0 aromatic heterocycles. The molecule has 0 unspecified atom stereocenters. The predicted molar refractivity (Wildman–Crippen MR) is 95.6 cm³/mol. The van der Waals surface area contributed by atoms with Gasteiger partial charge in [0.25, 0.3) is 0 Å². The van der Waals surface area contributed by atoms with Gasteiger partial charge in [0, 0.05) is 18.6 Å². The summed E-state index contributed by atoms with van der Waals surface area (Å²) in [6.45, 7) is 0.608. The van der Waals surface area contributed by atoms with Crippen molar-refractivity contribution in [3.63, 3.8) is 0 Å². The van der Waals surface area contributed by atoms with Gasteiger partial charge in [0.05, 0.1) is 6.42 Å². The van der Waals surface area contributed by atoms with Gasteiger partial charge in [-0.3, -0.25) is 4.79 Å². The Morgan fingerprint density at radius 1 is 0.913 bits per heavy atom. The molecule has 0 heterocycles. The summed E-state index contributed by atoms with van der Waals surface area (Å²) in [6, 6.07) is 22.0. The van der Waals surface area contributed by atoms with E-state index < -0.39 is 0 Å². The Morgan fingerprint density at radius 2 is 1.57 bits per heavy atom. The SMILES string of the molecule is CN(Cc1ccc2ccccc2c1)C(=O)Cc1ccc(Cl)cc1. The van der Waals surface area contributed by atoms with E-state index in [0.717, 1.165) is 11.1 Å². The van der Waals surface area contributed by atoms with Gasteiger partial charge in [-0.1, -0.05) is 60.1 Å². The zero-order chi connectivity index (χ0) is 16.2. The van der Waals surface area contributed by atoms with E-state index in [0.29, 0.717) is 18.0 Å². The average molecular weight is 324 g/mol. The Balaban J connectivity index is 1.68. The zero-order valence-electron chi connectivity index (χ0n) is 13.0. The van der Waals surface area contributed by atoms with E-state index in [1.807, 2.05) is 43.4 Å². The van der Waals surface area contributed by atoms with Crippen molar-refractivity contribution in [1.82, 2.24) is 4.90 Å². The molecule has 23 heavy (non-hydrogen) atoms. The van der Waals surface area contributed by atoms with Crippen LogP contribution in [0.2, 0.25) is 5.02 Å². The Kier molecular flexibility index (Phi) is 4.63. The van der Waals surface area contributed by atoms with E-state index in [-0.39, 0.29) is 5.91 Å². The fourth-order valence-corrected chi connectivity index (χ4v) is 2.74. The van der Waals surface area contributed by atoms with Crippen molar-refractivity contribution in [3.8, 4) is 0 Å². The highest BCUT2D eigenvalue weighted by Gasteiger charge is 2.10. The van der Waals surface area contributed by atoms with Crippen molar-refractivity contribution in [1.29, 1.82) is 0 Å². The molecule has 0 atom stereocenters. The summed E-state index contributed by atoms with van der Waals surface area (Å²) in [4.78, 5) is 14.1. The summed E-state index contributed by atoms with van der Waals surface area (Å²) in [5.74, 6) is 0.0977. The summed E-state index contributed by atoms with van der Waals surface area (Å²) < 4.78 is 0. The lowest BCUT2D eigenvalue weighted by molar-refractivity contribution is -0.129. The smallest absolute Gasteiger partial charge is 0.227 e. The molecule has 0 radical (unpaired) electrons. The number of hydrogen-bond acceptors (Lipinski definition) is 1. The second-order valence-corrected chi connectivity index (χ2v) is 6.17. The van der Waals surface area contributed by atoms with Crippen LogP contribution < -0.4 is 0 Å². The van der Waals surface area contributed by atoms with Crippen LogP contribution in [0.15, 0.2) is 66.7 Å². The van der Waals surface area contributed by atoms with E-state index in [1.165, 1.54) is 10.8 Å². The van der Waals surface area contributed by atoms with Crippen molar-refractivity contribution >= 4 is 28.3 Å². The van der Waals surface area contributed by atoms with Crippen LogP contribution in [0.3, 0.4) is 0 Å². The number of nitrogens with zero attached hydrogens (tertiary/aromatic N) is 1. The van der Waals surface area contributed by atoms with Crippen LogP contribution in [-0.4, -0.2) is 17.9 Å². The number of rotatable bonds is 4. The molecule has 0 fully saturated rings. The lowest BCUT2D eigenvalue weighted by Gasteiger charge is -2.18. The predicted octanol–water partition coefficient (Wildman–Crippen LogP) is 4.69. The summed E-state index contributed by atoms with van der Waals surface area (Å²) in [5, 5.41) is 3.10. The number of hydrogen-bond donors (Lipinski definition) is 0. The Morgan fingerprint density at radius 3 is 2.30 bits per heavy atom. The number of benzene rings is 3. The Hall–Kier alpha value is -2.32. The second kappa shape index (κ2) is 6.84. The first-order valence-corrected chi connectivity index (χ1v) is 7.96. The molecule has 0 bridgehead atoms. The molecule has 0 aliphatic heterocycles. The van der Waals surface area contributed by atoms with E-state index in [2.05, 4.69) is 30.3 Å². The lowest BCUT2D eigenvalue weighted by Crippen LogP contribution is -2.27. The molecular weight excluding hydrogens is 306 g/mol. The highest BCUT2D eigenvalue weighted by atomic mass is 35.5. The van der Waals surface area contributed by atoms with Crippen LogP contribution in [0, 0.1) is 0 Å². The molecule has 0 N–H and O–H groups in total. The highest BCUT2D eigenvalue weighted by Crippen LogP contribution is 2.17. The average Bonchev–Trinajstić information content (AvgIpc) is 2.56. The van der Waals surface area contributed by atoms with Gasteiger partial charge < -0.3 is 4.90 Å². The van der Waals surface area contributed by atoms with E-state index in [4.69, 9.17) is 11.6 Å². The lowest BCUT2D eigenvalue weighted by atomic mass is 10.1. The molecule has 0 saturated heterocycles. The topological polar surface area (TPSA) is 20.3 Å². The number of fused-ring (bicyclic) bond motifs is 1. The molecule has 1 amide bonds. The Labute approximate surface area is 141 Å². The summed E-state index contributed by atoms with van der Waals surface area (Å²) >= 11 is 5.87. The molecule has 3 heteroatoms. The molecule has 0 aliphatic rings. The summed E-state index contributed by atoms with van der Waals surface area (Å²) in [7, 11) is 1.84. The fraction of sp³-hybridized carbons (Fsp3) is 0.150. The Bertz CT molecular complexity index is 826. The van der Waals surface area contributed by atoms with Crippen LogP contribution in [0.5, 0.6) is 0 Å². The fourth-order valence-electron chi connectivity index (χ4n) is 2.61. The molecule has 3 aromatic carbocycles. The quantitative estimate of drug-likeness (QED) is 0.682. The van der Waals surface area contributed by atoms with E-state index in [9.17, 15) is 4.79 Å². The molecule has 0 saturated carbocycles. The van der Waals surface area contributed by atoms with Gasteiger partial charge in [-0.2, -0.15) is 0 Å². The maximum Gasteiger partial charge on any atom is 0.227 e. The molecule has 116 valence electrons. The van der Waals surface area contributed by atoms with Gasteiger partial charge in [-0.25, -0.2) is 0 Å². The minimum Gasteiger partial charge on any atom is -0.341 e. The number of carbonyl (C=O) groups is 1. The summed E-state index contributed by atoms with van der Waals surface area (Å²) in [5.41, 5.74) is 2.11. The minimum absolute atomic E-state index is 0.0977. The third-order valence-electron chi connectivity index (χ3n) is 3.93. The van der Waals surface area contributed by atoms with Gasteiger partial charge in [0.15, 0.2) is 0 Å². The van der Waals surface area contributed by atoms with Crippen molar-refractivity contribution in [2.45, 2.75) is 13.0 Å². The molecule has 0 spiro atoms. The van der Waals surface area contributed by atoms with Gasteiger partial charge >= 0.3 is 0 Å². The number of halogens is 1. The molecule has 3 aromatic rings. The molecular formula is C20H18ClNO. The monoisotopic (exact) mass is 323 g/mol. The van der Waals surface area contributed by atoms with Crippen LogP contribution in [0.1, 0.15) is 11.1 Å². The zero-order valence-corrected chi connectivity index (χ0v) is 13.8. The van der Waals surface area contributed by atoms with Gasteiger partial charge in [0.1, 0.15) is 0 Å². The third kappa shape index (κ3) is 3.91. The first-order valence-electron chi connectivity index (χ1n) is 7.58.